The summed E-state index contributed by atoms with van der Waals surface area (Å²) >= 11 is 0. The molecule has 13 aromatic rings. The second kappa shape index (κ2) is 14.0. The molecule has 0 amide bonds. The first-order valence-corrected chi connectivity index (χ1v) is 21.3. The molecule has 63 heavy (non-hydrogen) atoms. The largest absolute Gasteiger partial charge is 0.308 e. The quantitative estimate of drug-likeness (QED) is 0.168. The summed E-state index contributed by atoms with van der Waals surface area (Å²) in [5.74, 6) is 0. The molecule has 0 radical (unpaired) electrons. The molecule has 6 heteroatoms. The van der Waals surface area contributed by atoms with Gasteiger partial charge >= 0.3 is 0 Å². The minimum atomic E-state index is 1.04. The second-order valence-electron chi connectivity index (χ2n) is 16.0. The first kappa shape index (κ1) is 35.2. The van der Waals surface area contributed by atoms with E-state index in [9.17, 15) is 0 Å². The van der Waals surface area contributed by atoms with Crippen LogP contribution in [0.1, 0.15) is 0 Å². The number of aromatic nitrogens is 6. The molecule has 6 nitrogen and oxygen atoms in total. The first-order valence-electron chi connectivity index (χ1n) is 21.3. The Bertz CT molecular complexity index is 3310. The van der Waals surface area contributed by atoms with Gasteiger partial charge in [-0.25, -0.2) is 0 Å². The number of benzene rings is 7. The highest BCUT2D eigenvalue weighted by atomic mass is 15.1. The number of pyridine rings is 3. The Hall–Kier alpha value is -8.61. The van der Waals surface area contributed by atoms with Gasteiger partial charge in [0.15, 0.2) is 0 Å². The average Bonchev–Trinajstić information content (AvgIpc) is 4.00. The molecule has 7 aromatic carbocycles. The second-order valence-corrected chi connectivity index (χ2v) is 16.0. The summed E-state index contributed by atoms with van der Waals surface area (Å²) in [5.41, 5.74) is 16.2. The minimum absolute atomic E-state index is 1.04. The van der Waals surface area contributed by atoms with Gasteiger partial charge in [0.1, 0.15) is 0 Å². The van der Waals surface area contributed by atoms with Gasteiger partial charge in [0.2, 0.25) is 0 Å². The normalized spacial score (nSPS) is 11.8. The van der Waals surface area contributed by atoms with E-state index in [1.807, 2.05) is 37.2 Å². The number of rotatable bonds is 6. The standard InChI is InChI=1S/C57H36N6/c1-7-19-46-40(13-1)41-14-2-8-20-47(41)61(46)55-52(37-25-31-58-32-26-37)56(62-48-21-9-3-15-42(48)43-16-4-10-22-49(43)62)54(39-29-35-60-36-30-39)57(53(55)38-27-33-59-34-28-38)63-50-23-11-5-17-44(50)45-18-6-12-24-51(45)63/h1-36H. The van der Waals surface area contributed by atoms with E-state index in [-0.39, 0.29) is 0 Å². The number of hydrogen-bond donors (Lipinski definition) is 0. The van der Waals surface area contributed by atoms with Crippen LogP contribution in [0.4, 0.5) is 0 Å². The highest BCUT2D eigenvalue weighted by Gasteiger charge is 2.33. The van der Waals surface area contributed by atoms with Crippen LogP contribution in [0, 0.1) is 0 Å². The molecule has 6 aromatic heterocycles. The van der Waals surface area contributed by atoms with Crippen LogP contribution in [-0.2, 0) is 0 Å². The molecule has 0 N–H and O–H groups in total. The van der Waals surface area contributed by atoms with Crippen LogP contribution in [0.3, 0.4) is 0 Å². The number of para-hydroxylation sites is 6. The maximum atomic E-state index is 4.61. The van der Waals surface area contributed by atoms with Crippen molar-refractivity contribution >= 4 is 65.4 Å². The Morgan fingerprint density at radius 1 is 0.222 bits per heavy atom. The monoisotopic (exact) mass is 804 g/mol. The molecule has 294 valence electrons. The summed E-state index contributed by atoms with van der Waals surface area (Å²) in [5, 5.41) is 7.11. The van der Waals surface area contributed by atoms with Crippen molar-refractivity contribution in [2.45, 2.75) is 0 Å². The summed E-state index contributed by atoms with van der Waals surface area (Å²) in [4.78, 5) is 13.8. The van der Waals surface area contributed by atoms with Gasteiger partial charge in [-0.3, -0.25) is 15.0 Å². The molecule has 0 bridgehead atoms. The highest BCUT2D eigenvalue weighted by Crippen LogP contribution is 2.54. The molecule has 0 atom stereocenters. The van der Waals surface area contributed by atoms with Crippen LogP contribution in [0.5, 0.6) is 0 Å². The molecule has 0 spiro atoms. The van der Waals surface area contributed by atoms with Gasteiger partial charge in [-0.1, -0.05) is 109 Å². The van der Waals surface area contributed by atoms with Gasteiger partial charge in [0, 0.05) is 86.2 Å². The smallest absolute Gasteiger partial charge is 0.0661 e. The SMILES string of the molecule is c1ccc2c(c1)c1ccccc1n2-c1c(-c2ccncc2)c(-n2c3ccccc3c3ccccc32)c(-c2ccncc2)c(-n2c3ccccc3c3ccccc32)c1-c1ccncc1. The van der Waals surface area contributed by atoms with Crippen LogP contribution >= 0.6 is 0 Å². The lowest BCUT2D eigenvalue weighted by molar-refractivity contribution is 1.10. The number of hydrogen-bond acceptors (Lipinski definition) is 3. The zero-order valence-corrected chi connectivity index (χ0v) is 34.0. The first-order chi connectivity index (χ1) is 31.3. The third-order valence-electron chi connectivity index (χ3n) is 12.7. The van der Waals surface area contributed by atoms with E-state index in [1.54, 1.807) is 0 Å². The molecule has 0 aliphatic rings. The Morgan fingerprint density at radius 2 is 0.413 bits per heavy atom. The molecule has 0 saturated carbocycles. The van der Waals surface area contributed by atoms with Gasteiger partial charge in [-0.15, -0.1) is 0 Å². The lowest BCUT2D eigenvalue weighted by Gasteiger charge is -2.30. The lowest BCUT2D eigenvalue weighted by atomic mass is 9.86. The van der Waals surface area contributed by atoms with Gasteiger partial charge in [0.25, 0.3) is 0 Å². The van der Waals surface area contributed by atoms with Crippen molar-refractivity contribution in [3.8, 4) is 50.4 Å². The molecule has 0 saturated heterocycles. The van der Waals surface area contributed by atoms with E-state index in [1.165, 1.54) is 32.3 Å². The van der Waals surface area contributed by atoms with Crippen molar-refractivity contribution in [2.75, 3.05) is 0 Å². The third-order valence-corrected chi connectivity index (χ3v) is 12.7. The number of fused-ring (bicyclic) bond motifs is 9. The van der Waals surface area contributed by atoms with Crippen LogP contribution in [0.15, 0.2) is 219 Å². The van der Waals surface area contributed by atoms with E-state index in [2.05, 4.69) is 211 Å². The van der Waals surface area contributed by atoms with E-state index >= 15 is 0 Å². The minimum Gasteiger partial charge on any atom is -0.308 e. The molecule has 0 aliphatic heterocycles. The topological polar surface area (TPSA) is 53.5 Å². The Kier molecular flexibility index (Phi) is 7.80. The molecular formula is C57H36N6. The summed E-state index contributed by atoms with van der Waals surface area (Å²) in [6.07, 6.45) is 11.5. The molecule has 0 fully saturated rings. The summed E-state index contributed by atoms with van der Waals surface area (Å²) in [7, 11) is 0. The van der Waals surface area contributed by atoms with E-state index in [0.29, 0.717) is 0 Å². The fourth-order valence-electron chi connectivity index (χ4n) is 10.2. The predicted molar refractivity (Wildman–Crippen MR) is 259 cm³/mol. The van der Waals surface area contributed by atoms with Gasteiger partial charge in [-0.2, -0.15) is 0 Å². The Balaban J connectivity index is 1.42. The van der Waals surface area contributed by atoms with Gasteiger partial charge in [-0.05, 0) is 89.5 Å². The van der Waals surface area contributed by atoms with Crippen molar-refractivity contribution in [2.24, 2.45) is 0 Å². The van der Waals surface area contributed by atoms with Crippen molar-refractivity contribution in [1.82, 2.24) is 28.7 Å². The molecule has 0 unspecified atom stereocenters. The maximum Gasteiger partial charge on any atom is 0.0661 e. The fraction of sp³-hybridized carbons (Fsp3) is 0. The predicted octanol–water partition coefficient (Wildman–Crippen LogP) is 14.2. The van der Waals surface area contributed by atoms with E-state index < -0.39 is 0 Å². The van der Waals surface area contributed by atoms with E-state index in [4.69, 9.17) is 0 Å². The summed E-state index contributed by atoms with van der Waals surface area (Å²) < 4.78 is 7.55. The Morgan fingerprint density at radius 3 is 0.619 bits per heavy atom. The maximum absolute atomic E-state index is 4.61. The summed E-state index contributed by atoms with van der Waals surface area (Å²) in [6.45, 7) is 0. The molecule has 13 rings (SSSR count). The van der Waals surface area contributed by atoms with Gasteiger partial charge < -0.3 is 13.7 Å². The summed E-state index contributed by atoms with van der Waals surface area (Å²) in [6, 6.07) is 65.9. The number of nitrogens with zero attached hydrogens (tertiary/aromatic N) is 6. The lowest BCUT2D eigenvalue weighted by Crippen LogP contribution is -2.13. The van der Waals surface area contributed by atoms with Gasteiger partial charge in [0.05, 0.1) is 50.2 Å². The molecular weight excluding hydrogens is 769 g/mol. The van der Waals surface area contributed by atoms with Crippen LogP contribution in [-0.4, -0.2) is 28.7 Å². The van der Waals surface area contributed by atoms with Crippen LogP contribution in [0.2, 0.25) is 0 Å². The van der Waals surface area contributed by atoms with Crippen molar-refractivity contribution in [3.63, 3.8) is 0 Å². The average molecular weight is 805 g/mol. The highest BCUT2D eigenvalue weighted by molar-refractivity contribution is 6.17. The van der Waals surface area contributed by atoms with Crippen LogP contribution < -0.4 is 0 Å². The molecule has 6 heterocycles. The zero-order valence-electron chi connectivity index (χ0n) is 34.0. The van der Waals surface area contributed by atoms with Crippen molar-refractivity contribution in [3.05, 3.63) is 219 Å². The zero-order chi connectivity index (χ0) is 41.4. The van der Waals surface area contributed by atoms with Crippen molar-refractivity contribution < 1.29 is 0 Å². The fourth-order valence-corrected chi connectivity index (χ4v) is 10.2. The third kappa shape index (κ3) is 5.15. The van der Waals surface area contributed by atoms with E-state index in [0.717, 1.165) is 83.5 Å². The van der Waals surface area contributed by atoms with Crippen molar-refractivity contribution in [1.29, 1.82) is 0 Å². The van der Waals surface area contributed by atoms with Crippen LogP contribution in [0.25, 0.3) is 116 Å². The molecule has 0 aliphatic carbocycles. The Labute approximate surface area is 362 Å².